The quantitative estimate of drug-likeness (QED) is 0.0101. The smallest absolute Gasteiger partial charge is 0.337 e. The highest BCUT2D eigenvalue weighted by Gasteiger charge is 2.42. The zero-order valence-electron chi connectivity index (χ0n) is 76.4. The van der Waals surface area contributed by atoms with Crippen LogP contribution in [0.4, 0.5) is 36.4 Å². The van der Waals surface area contributed by atoms with Gasteiger partial charge in [-0.05, 0) is 235 Å². The number of rotatable bonds is 17. The highest BCUT2D eigenvalue weighted by Crippen LogP contribution is 2.41. The monoisotopic (exact) mass is 2000 g/mol. The normalized spacial score (nSPS) is 14.0. The maximum absolute atomic E-state index is 14.3. The second kappa shape index (κ2) is 45.3. The molecule has 46 heteroatoms. The second-order valence-electron chi connectivity index (χ2n) is 35.6. The molecule has 128 heavy (non-hydrogen) atoms. The Morgan fingerprint density at radius 2 is 0.625 bits per heavy atom. The van der Waals surface area contributed by atoms with Gasteiger partial charge in [0.05, 0.1) is 75.9 Å². The maximum atomic E-state index is 14.3. The average molecular weight is 2000 g/mol. The van der Waals surface area contributed by atoms with Crippen molar-refractivity contribution in [3.05, 3.63) is 207 Å². The van der Waals surface area contributed by atoms with Crippen molar-refractivity contribution < 1.29 is 127 Å². The van der Waals surface area contributed by atoms with Gasteiger partial charge in [0.1, 0.15) is 88.4 Å². The van der Waals surface area contributed by atoms with Gasteiger partial charge in [-0.2, -0.15) is 0 Å². The van der Waals surface area contributed by atoms with E-state index in [0.29, 0.717) is 16.7 Å². The first-order chi connectivity index (χ1) is 57.2. The lowest BCUT2D eigenvalue weighted by Crippen LogP contribution is -2.54. The number of carbonyl (C=O) groups excluding carboxylic acids is 3. The zero-order chi connectivity index (χ0) is 100. The van der Waals surface area contributed by atoms with Gasteiger partial charge in [-0.3, -0.25) is 8.06 Å². The van der Waals surface area contributed by atoms with Crippen molar-refractivity contribution in [3.63, 3.8) is 0 Å². The van der Waals surface area contributed by atoms with Crippen molar-refractivity contribution >= 4 is 118 Å². The van der Waals surface area contributed by atoms with Crippen LogP contribution in [0, 0.1) is 40.7 Å². The lowest BCUT2D eigenvalue weighted by Gasteiger charge is -2.36. The van der Waals surface area contributed by atoms with Crippen molar-refractivity contribution in [2.24, 2.45) is 28.6 Å². The SMILES string of the molecule is C1CCOC1.CC(C)(O)c1ccc(S(=O)(=O)N[Si](C)(C)C(C)(C)C)c(F)c1.CC(C)(O)c1ccc(S(N)(=O)=N[Si](C)(C)C(C)(C)C)c(F)c1.CC(C)(O)c1ccc(S(N)(=O)=N[Si](C)(C)C(C)(C)C)c(F)c1.CC(C)(O)c1ccc(S(N)(=O)=O)c(F)c1.COC(=O)c1ccc(N)c(F)c1.COC(=O)c1ccc(S(=O)(=O)Cl)c(F)c1.COC(=O)c1ccc(S(N)(=O)=O)c(F)c1. The van der Waals surface area contributed by atoms with Crippen LogP contribution in [-0.4, -0.2) is 140 Å². The van der Waals surface area contributed by atoms with Crippen molar-refractivity contribution in [1.29, 1.82) is 0 Å². The molecule has 0 bridgehead atoms. The second-order valence-corrected chi connectivity index (χ2v) is 62.0. The lowest BCUT2D eigenvalue weighted by molar-refractivity contribution is 0.0591. The van der Waals surface area contributed by atoms with Crippen LogP contribution in [0.3, 0.4) is 0 Å². The van der Waals surface area contributed by atoms with Gasteiger partial charge in [-0.25, -0.2) is 112 Å². The van der Waals surface area contributed by atoms with E-state index >= 15 is 0 Å². The first-order valence-electron chi connectivity index (χ1n) is 38.5. The number of benzene rings is 7. The van der Waals surface area contributed by atoms with E-state index < -0.39 is 179 Å². The van der Waals surface area contributed by atoms with Gasteiger partial charge in [-0.15, -0.1) is 0 Å². The highest BCUT2D eigenvalue weighted by molar-refractivity contribution is 8.13. The van der Waals surface area contributed by atoms with Gasteiger partial charge in [-0.1, -0.05) is 99.7 Å². The van der Waals surface area contributed by atoms with E-state index in [1.54, 1.807) is 27.7 Å². The Balaban J connectivity index is 0.000000746. The molecule has 0 aromatic heterocycles. The molecule has 0 saturated carbocycles. The van der Waals surface area contributed by atoms with Gasteiger partial charge in [0, 0.05) is 23.9 Å². The summed E-state index contributed by atoms with van der Waals surface area (Å²) in [5.41, 5.74) is 1.82. The number of nitrogen functional groups attached to an aromatic ring is 1. The fraction of sp³-hybridized carbons (Fsp3) is 0.451. The topological polar surface area (TPSA) is 507 Å². The molecule has 1 aliphatic heterocycles. The number of hydrogen-bond acceptors (Lipinski definition) is 24. The van der Waals surface area contributed by atoms with E-state index in [9.17, 15) is 108 Å². The number of hydrogen-bond donors (Lipinski definition) is 10. The summed E-state index contributed by atoms with van der Waals surface area (Å²) in [5.74, 6) is -8.09. The molecular weight excluding hydrogens is 1880 g/mol. The third-order valence-corrected chi connectivity index (χ3v) is 46.1. The van der Waals surface area contributed by atoms with Crippen molar-refractivity contribution in [2.45, 2.75) is 237 Å². The Hall–Kier alpha value is -7.50. The molecule has 0 spiro atoms. The number of esters is 3. The predicted octanol–water partition coefficient (Wildman–Crippen LogP) is 15.3. The number of methoxy groups -OCH3 is 3. The van der Waals surface area contributed by atoms with Crippen LogP contribution in [0.1, 0.15) is 184 Å². The number of ether oxygens (including phenoxy) is 4. The minimum absolute atomic E-state index is 0.0163. The van der Waals surface area contributed by atoms with Crippen LogP contribution in [-0.2, 0) is 100 Å². The van der Waals surface area contributed by atoms with Crippen molar-refractivity contribution in [1.82, 2.24) is 4.39 Å². The number of aliphatic hydroxyl groups is 4. The molecule has 1 saturated heterocycles. The molecule has 29 nitrogen and oxygen atoms in total. The van der Waals surface area contributed by atoms with Crippen LogP contribution >= 0.6 is 10.7 Å². The Labute approximate surface area is 756 Å². The Morgan fingerprint density at radius 1 is 0.383 bits per heavy atom. The first-order valence-corrected chi connectivity index (χ1v) is 57.4. The number of halogens is 8. The molecule has 1 fully saturated rings. The molecule has 7 aromatic rings. The summed E-state index contributed by atoms with van der Waals surface area (Å²) in [7, 11) is -21.3. The Kier molecular flexibility index (Phi) is 41.9. The van der Waals surface area contributed by atoms with Crippen molar-refractivity contribution in [3.8, 4) is 0 Å². The van der Waals surface area contributed by atoms with Crippen LogP contribution in [0.15, 0.2) is 165 Å². The average Bonchev–Trinajstić information content (AvgIpc) is 0.786. The summed E-state index contributed by atoms with van der Waals surface area (Å²) in [4.78, 5) is 30.3. The van der Waals surface area contributed by atoms with E-state index in [4.69, 9.17) is 41.7 Å². The number of nitrogens with one attached hydrogen (secondary N) is 1. The fourth-order valence-corrected chi connectivity index (χ4v) is 25.8. The van der Waals surface area contributed by atoms with E-state index in [1.807, 2.05) is 102 Å². The molecule has 720 valence electrons. The highest BCUT2D eigenvalue weighted by atomic mass is 35.7. The minimum atomic E-state index is -4.14. The summed E-state index contributed by atoms with van der Waals surface area (Å²) in [5, 5.41) is 60.0. The Bertz CT molecular complexity index is 5640. The molecule has 8 rings (SSSR count). The molecule has 2 atom stereocenters. The molecular formula is C82H122ClF7N8O21S6Si3. The first kappa shape index (κ1) is 119. The number of carbonyl (C=O) groups is 3. The maximum Gasteiger partial charge on any atom is 0.337 e. The molecule has 15 N–H and O–H groups in total. The van der Waals surface area contributed by atoms with Crippen LogP contribution < -0.4 is 30.7 Å². The van der Waals surface area contributed by atoms with Gasteiger partial charge < -0.3 is 45.1 Å². The molecule has 1 aliphatic rings. The Morgan fingerprint density at radius 3 is 0.836 bits per heavy atom. The summed E-state index contributed by atoms with van der Waals surface area (Å²) < 4.78 is 240. The fourth-order valence-electron chi connectivity index (χ4n) is 9.24. The number of sulfonamides is 3. The zero-order valence-corrected chi connectivity index (χ0v) is 85.1. The number of anilines is 1. The van der Waals surface area contributed by atoms with Crippen LogP contribution in [0.5, 0.6) is 0 Å². The summed E-state index contributed by atoms with van der Waals surface area (Å²) >= 11 is 0. The minimum Gasteiger partial charge on any atom is -0.465 e. The standard InChI is InChI=1S/2C15H27FN2O2SSi.C15H26FNO3SSi.C9H12FNO3S.C8H6ClFO4S.C8H8FNO4S.C8H8FNO2.C4H8O/c2*1-14(2,3)22(6,7)18-21(17,20)13-9-8-11(10-12(13)16)15(4,5)19;1-14(2,3)22(6,7)17-21(19,20)13-9-8-11(10-12(13)16)15(4,5)18;1-9(2,12)6-3-4-8(7(10)5-6)15(11,13)14;1-14-8(11)5-2-3-7(6(10)4-5)15(9,12)13;1-14-8(11)5-2-3-7(6(9)4-5)15(10,12)13;1-12-8(11)5-2-3-7(10)6(9)4-5;1-2-4-5-3-1/h2*8-10,19H,1-7H3,(H2,17,18,20);8-10,17-18H,1-7H3;3-5,12H,1-2H3,(H2,11,13,14);2-4H,1H3;2-4H,1H3,(H2,10,12,13);2-4H,10H2,1H3;1-4H2. The number of nitrogens with two attached hydrogens (primary N) is 5. The molecule has 1 heterocycles. The molecule has 0 aliphatic carbocycles. The van der Waals surface area contributed by atoms with E-state index in [0.717, 1.165) is 88.1 Å². The van der Waals surface area contributed by atoms with Gasteiger partial charge in [0.25, 0.3) is 9.05 Å². The van der Waals surface area contributed by atoms with E-state index in [2.05, 4.69) is 26.7 Å². The van der Waals surface area contributed by atoms with Crippen LogP contribution in [0.2, 0.25) is 54.4 Å². The van der Waals surface area contributed by atoms with E-state index in [-0.39, 0.29) is 57.7 Å². The molecule has 0 amide bonds. The largest absolute Gasteiger partial charge is 0.465 e. The summed E-state index contributed by atoms with van der Waals surface area (Å²) in [6.45, 7) is 43.9. The summed E-state index contributed by atoms with van der Waals surface area (Å²) in [6, 6.07) is 24.5. The van der Waals surface area contributed by atoms with E-state index in [1.165, 1.54) is 114 Å². The summed E-state index contributed by atoms with van der Waals surface area (Å²) in [6.07, 6.45) is 2.56. The van der Waals surface area contributed by atoms with Crippen LogP contribution in [0.25, 0.3) is 0 Å². The molecule has 7 aromatic carbocycles. The number of nitrogens with zero attached hydrogens (tertiary/aromatic N) is 2. The molecule has 0 radical (unpaired) electrons. The van der Waals surface area contributed by atoms with Gasteiger partial charge in [0.15, 0.2) is 16.5 Å². The lowest BCUT2D eigenvalue weighted by atomic mass is 9.99. The third-order valence-electron chi connectivity index (χ3n) is 20.0. The third kappa shape index (κ3) is 36.6. The van der Waals surface area contributed by atoms with Gasteiger partial charge >= 0.3 is 17.9 Å². The predicted molar refractivity (Wildman–Crippen MR) is 488 cm³/mol. The van der Waals surface area contributed by atoms with Crippen molar-refractivity contribution in [2.75, 3.05) is 40.3 Å². The molecule has 2 unspecified atom stereocenters. The van der Waals surface area contributed by atoms with Gasteiger partial charge in [0.2, 0.25) is 30.1 Å². The number of primary sulfonamides is 2.